The van der Waals surface area contributed by atoms with Crippen molar-refractivity contribution in [2.45, 2.75) is 12.8 Å². The van der Waals surface area contributed by atoms with Gasteiger partial charge in [-0.2, -0.15) is 0 Å². The van der Waals surface area contributed by atoms with E-state index >= 15 is 0 Å². The van der Waals surface area contributed by atoms with Gasteiger partial charge in [-0.05, 0) is 36.6 Å². The number of rotatable bonds is 5. The molecule has 184 valence electrons. The van der Waals surface area contributed by atoms with Gasteiger partial charge in [0.25, 0.3) is 5.56 Å². The molecule has 1 amide bonds. The highest BCUT2D eigenvalue weighted by atomic mass is 35.5. The Morgan fingerprint density at radius 2 is 1.83 bits per heavy atom. The fourth-order valence-electron chi connectivity index (χ4n) is 5.43. The average molecular weight is 495 g/mol. The highest BCUT2D eigenvalue weighted by Gasteiger charge is 2.33. The summed E-state index contributed by atoms with van der Waals surface area (Å²) in [5, 5.41) is 10.7. The Balaban J connectivity index is 1.47. The topological polar surface area (TPSA) is 79.9 Å². The number of aliphatic hydroxyl groups is 1. The molecule has 2 N–H and O–H groups in total. The van der Waals surface area contributed by atoms with Crippen molar-refractivity contribution in [3.05, 3.63) is 63.9 Å². The lowest BCUT2D eigenvalue weighted by atomic mass is 9.93. The van der Waals surface area contributed by atoms with E-state index in [9.17, 15) is 14.7 Å². The maximum Gasteiger partial charge on any atom is 0.272 e. The third-order valence-corrected chi connectivity index (χ3v) is 7.44. The number of nitrogens with one attached hydrogen (secondary N) is 1. The van der Waals surface area contributed by atoms with E-state index in [0.717, 1.165) is 54.5 Å². The molecule has 2 saturated heterocycles. The van der Waals surface area contributed by atoms with Gasteiger partial charge in [0, 0.05) is 67.3 Å². The van der Waals surface area contributed by atoms with E-state index in [1.165, 1.54) is 0 Å². The Labute approximate surface area is 209 Å². The van der Waals surface area contributed by atoms with Crippen LogP contribution in [0.5, 0.6) is 0 Å². The third-order valence-electron chi connectivity index (χ3n) is 7.20. The first kappa shape index (κ1) is 23.9. The third kappa shape index (κ3) is 4.94. The van der Waals surface area contributed by atoms with Crippen molar-refractivity contribution in [1.29, 1.82) is 0 Å². The fourth-order valence-corrected chi connectivity index (χ4v) is 5.60. The summed E-state index contributed by atoms with van der Waals surface area (Å²) < 4.78 is 0. The number of hydrogen-bond acceptors (Lipinski definition) is 5. The summed E-state index contributed by atoms with van der Waals surface area (Å²) in [4.78, 5) is 36.1. The maximum atomic E-state index is 13.4. The predicted molar refractivity (Wildman–Crippen MR) is 140 cm³/mol. The predicted octanol–water partition coefficient (Wildman–Crippen LogP) is 3.20. The van der Waals surface area contributed by atoms with Crippen LogP contribution in [0, 0.1) is 5.92 Å². The maximum absolute atomic E-state index is 13.4. The van der Waals surface area contributed by atoms with E-state index in [1.807, 2.05) is 47.4 Å². The number of aromatic amines is 1. The van der Waals surface area contributed by atoms with Crippen molar-refractivity contribution in [3.63, 3.8) is 0 Å². The number of benzene rings is 2. The molecule has 0 radical (unpaired) electrons. The summed E-state index contributed by atoms with van der Waals surface area (Å²) in [6.07, 6.45) is 1.67. The molecule has 2 aliphatic heterocycles. The van der Waals surface area contributed by atoms with Gasteiger partial charge in [0.1, 0.15) is 5.69 Å². The van der Waals surface area contributed by atoms with E-state index in [1.54, 1.807) is 6.07 Å². The minimum Gasteiger partial charge on any atom is -0.395 e. The number of hydrogen-bond donors (Lipinski definition) is 2. The van der Waals surface area contributed by atoms with Crippen LogP contribution in [0.2, 0.25) is 5.02 Å². The van der Waals surface area contributed by atoms with Gasteiger partial charge < -0.3 is 19.9 Å². The molecule has 0 saturated carbocycles. The van der Waals surface area contributed by atoms with Crippen molar-refractivity contribution in [2.75, 3.05) is 57.3 Å². The number of β-amino-alcohol motifs (C(OH)–C–C–N with tert-alkyl or cyclic N) is 1. The van der Waals surface area contributed by atoms with Gasteiger partial charge in [0.2, 0.25) is 5.91 Å². The number of carbonyl (C=O) groups excluding carboxylic acids is 1. The lowest BCUT2D eigenvalue weighted by molar-refractivity contribution is -0.137. The Morgan fingerprint density at radius 3 is 2.57 bits per heavy atom. The summed E-state index contributed by atoms with van der Waals surface area (Å²) >= 11 is 6.36. The van der Waals surface area contributed by atoms with Gasteiger partial charge in [-0.3, -0.25) is 14.5 Å². The van der Waals surface area contributed by atoms with E-state index in [2.05, 4.69) is 14.8 Å². The Kier molecular flexibility index (Phi) is 7.09. The second-order valence-corrected chi connectivity index (χ2v) is 9.85. The van der Waals surface area contributed by atoms with Crippen LogP contribution in [0.1, 0.15) is 12.8 Å². The zero-order valence-corrected chi connectivity index (χ0v) is 20.5. The number of carbonyl (C=O) groups is 1. The van der Waals surface area contributed by atoms with E-state index in [0.29, 0.717) is 36.9 Å². The standard InChI is InChI=1S/C27H31ClN4O3/c28-21-8-9-23-22(17-21)24(19-5-2-1-3-6-19)25(26(34)29-23)32-10-4-7-20(18-32)27(35)31-13-11-30(12-14-31)15-16-33/h1-3,5-6,8-9,17,20,33H,4,7,10-16,18H2,(H,29,34). The lowest BCUT2D eigenvalue weighted by Crippen LogP contribution is -2.53. The minimum atomic E-state index is -0.149. The number of aliphatic hydroxyl groups excluding tert-OH is 1. The zero-order valence-electron chi connectivity index (χ0n) is 19.8. The second kappa shape index (κ2) is 10.4. The Bertz CT molecular complexity index is 1250. The molecule has 0 bridgehead atoms. The summed E-state index contributed by atoms with van der Waals surface area (Å²) in [7, 11) is 0. The lowest BCUT2D eigenvalue weighted by Gasteiger charge is -2.39. The van der Waals surface area contributed by atoms with Gasteiger partial charge >= 0.3 is 0 Å². The van der Waals surface area contributed by atoms with Crippen LogP contribution in [-0.2, 0) is 4.79 Å². The first-order chi connectivity index (χ1) is 17.0. The number of pyridine rings is 1. The molecule has 0 aliphatic carbocycles. The SMILES string of the molecule is O=C(C1CCCN(c2c(-c3ccccc3)c3cc(Cl)ccc3[nH]c2=O)C1)N1CCN(CCO)CC1. The molecule has 2 aromatic carbocycles. The normalized spacial score (nSPS) is 19.3. The average Bonchev–Trinajstić information content (AvgIpc) is 2.89. The smallest absolute Gasteiger partial charge is 0.272 e. The van der Waals surface area contributed by atoms with Crippen LogP contribution in [0.4, 0.5) is 5.69 Å². The number of anilines is 1. The molecule has 1 atom stereocenters. The quantitative estimate of drug-likeness (QED) is 0.569. The molecule has 3 aromatic rings. The highest BCUT2D eigenvalue weighted by molar-refractivity contribution is 6.31. The van der Waals surface area contributed by atoms with Crippen LogP contribution in [0.25, 0.3) is 22.0 Å². The van der Waals surface area contributed by atoms with Gasteiger partial charge in [0.05, 0.1) is 12.5 Å². The van der Waals surface area contributed by atoms with Crippen molar-refractivity contribution in [1.82, 2.24) is 14.8 Å². The molecule has 2 aliphatic rings. The summed E-state index contributed by atoms with van der Waals surface area (Å²) in [5.74, 6) is 0.0195. The number of piperidine rings is 1. The van der Waals surface area contributed by atoms with Crippen LogP contribution in [0.15, 0.2) is 53.3 Å². The number of halogens is 1. The molecule has 0 spiro atoms. The van der Waals surface area contributed by atoms with Gasteiger partial charge in [0.15, 0.2) is 0 Å². The second-order valence-electron chi connectivity index (χ2n) is 9.41. The number of H-pyrrole nitrogens is 1. The zero-order chi connectivity index (χ0) is 24.4. The number of nitrogens with zero attached hydrogens (tertiary/aromatic N) is 3. The molecular formula is C27H31ClN4O3. The van der Waals surface area contributed by atoms with E-state index in [4.69, 9.17) is 11.6 Å². The molecule has 5 rings (SSSR count). The first-order valence-corrected chi connectivity index (χ1v) is 12.7. The molecule has 1 unspecified atom stereocenters. The molecular weight excluding hydrogens is 464 g/mol. The Hall–Kier alpha value is -2.87. The minimum absolute atomic E-state index is 0.140. The first-order valence-electron chi connectivity index (χ1n) is 12.3. The van der Waals surface area contributed by atoms with Crippen LogP contribution in [-0.4, -0.2) is 78.2 Å². The van der Waals surface area contributed by atoms with Crippen LogP contribution < -0.4 is 10.5 Å². The number of fused-ring (bicyclic) bond motifs is 1. The van der Waals surface area contributed by atoms with Crippen molar-refractivity contribution in [3.8, 4) is 11.1 Å². The molecule has 7 nitrogen and oxygen atoms in total. The molecule has 3 heterocycles. The van der Waals surface area contributed by atoms with E-state index in [-0.39, 0.29) is 24.0 Å². The van der Waals surface area contributed by atoms with Gasteiger partial charge in [-0.25, -0.2) is 0 Å². The highest BCUT2D eigenvalue weighted by Crippen LogP contribution is 2.37. The van der Waals surface area contributed by atoms with Crippen molar-refractivity contribution in [2.24, 2.45) is 5.92 Å². The van der Waals surface area contributed by atoms with Gasteiger partial charge in [-0.1, -0.05) is 41.9 Å². The summed E-state index contributed by atoms with van der Waals surface area (Å²) in [5.41, 5.74) is 3.01. The largest absolute Gasteiger partial charge is 0.395 e. The van der Waals surface area contributed by atoms with Crippen LogP contribution >= 0.6 is 11.6 Å². The molecule has 35 heavy (non-hydrogen) atoms. The number of piperazine rings is 1. The van der Waals surface area contributed by atoms with Crippen molar-refractivity contribution >= 4 is 34.1 Å². The van der Waals surface area contributed by atoms with Gasteiger partial charge in [-0.15, -0.1) is 0 Å². The molecule has 1 aromatic heterocycles. The van der Waals surface area contributed by atoms with Crippen molar-refractivity contribution < 1.29 is 9.90 Å². The Morgan fingerprint density at radius 1 is 1.06 bits per heavy atom. The summed E-state index contributed by atoms with van der Waals surface area (Å²) in [6, 6.07) is 15.4. The monoisotopic (exact) mass is 494 g/mol. The molecule has 2 fully saturated rings. The van der Waals surface area contributed by atoms with Crippen LogP contribution in [0.3, 0.4) is 0 Å². The van der Waals surface area contributed by atoms with E-state index < -0.39 is 0 Å². The number of amides is 1. The summed E-state index contributed by atoms with van der Waals surface area (Å²) in [6.45, 7) is 4.96. The molecule has 8 heteroatoms. The fraction of sp³-hybridized carbons (Fsp3) is 0.407. The number of aromatic nitrogens is 1.